The lowest BCUT2D eigenvalue weighted by Crippen LogP contribution is -2.32. The number of para-hydroxylation sites is 1. The number of aryl methyl sites for hydroxylation is 2. The first kappa shape index (κ1) is 18.8. The maximum absolute atomic E-state index is 13.3. The van der Waals surface area contributed by atoms with E-state index in [-0.39, 0.29) is 5.91 Å². The van der Waals surface area contributed by atoms with Crippen molar-refractivity contribution in [3.63, 3.8) is 0 Å². The fourth-order valence-corrected chi connectivity index (χ4v) is 4.38. The molecule has 2 aromatic carbocycles. The fraction of sp³-hybridized carbons (Fsp3) is 0.190. The minimum Gasteiger partial charge on any atom is -0.337 e. The molecule has 0 spiro atoms. The Kier molecular flexibility index (Phi) is 5.54. The number of nitrogens with zero attached hydrogens (tertiary/aromatic N) is 4. The molecule has 0 saturated heterocycles. The Balaban J connectivity index is 1.64. The van der Waals surface area contributed by atoms with Crippen molar-refractivity contribution in [1.29, 1.82) is 0 Å². The molecule has 2 heterocycles. The van der Waals surface area contributed by atoms with E-state index in [2.05, 4.69) is 27.0 Å². The van der Waals surface area contributed by atoms with Gasteiger partial charge >= 0.3 is 0 Å². The van der Waals surface area contributed by atoms with Gasteiger partial charge in [0.05, 0.1) is 16.5 Å². The Morgan fingerprint density at radius 3 is 2.75 bits per heavy atom. The van der Waals surface area contributed by atoms with Gasteiger partial charge in [0.15, 0.2) is 5.13 Å². The third-order valence-electron chi connectivity index (χ3n) is 4.53. The van der Waals surface area contributed by atoms with Crippen LogP contribution in [0.2, 0.25) is 0 Å². The van der Waals surface area contributed by atoms with Gasteiger partial charge in [-0.05, 0) is 49.2 Å². The lowest BCUT2D eigenvalue weighted by Gasteiger charge is -2.20. The molecule has 7 heteroatoms. The van der Waals surface area contributed by atoms with Gasteiger partial charge in [-0.15, -0.1) is 0 Å². The largest absolute Gasteiger partial charge is 0.337 e. The molecule has 0 bridgehead atoms. The SMILES string of the molecule is Cc1cccc2sc(N(CCCn3ccnc3)C(=O)c3ccc(Br)cc3)nc12. The van der Waals surface area contributed by atoms with Gasteiger partial charge in [0.2, 0.25) is 0 Å². The highest BCUT2D eigenvalue weighted by Crippen LogP contribution is 2.31. The molecule has 2 aromatic heterocycles. The molecule has 4 rings (SSSR count). The number of amides is 1. The van der Waals surface area contributed by atoms with Crippen molar-refractivity contribution in [2.45, 2.75) is 19.9 Å². The number of thiazole rings is 1. The molecular formula is C21H19BrN4OS. The van der Waals surface area contributed by atoms with Crippen LogP contribution in [-0.2, 0) is 6.54 Å². The average molecular weight is 455 g/mol. The second-order valence-electron chi connectivity index (χ2n) is 6.54. The van der Waals surface area contributed by atoms with Gasteiger partial charge in [-0.3, -0.25) is 9.69 Å². The molecule has 1 amide bonds. The van der Waals surface area contributed by atoms with E-state index < -0.39 is 0 Å². The third kappa shape index (κ3) is 4.00. The summed E-state index contributed by atoms with van der Waals surface area (Å²) in [6, 6.07) is 13.6. The van der Waals surface area contributed by atoms with Crippen molar-refractivity contribution in [2.75, 3.05) is 11.4 Å². The second-order valence-corrected chi connectivity index (χ2v) is 8.46. The van der Waals surface area contributed by atoms with Crippen LogP contribution in [0.25, 0.3) is 10.2 Å². The van der Waals surface area contributed by atoms with E-state index in [1.807, 2.05) is 54.1 Å². The zero-order chi connectivity index (χ0) is 19.5. The van der Waals surface area contributed by atoms with E-state index >= 15 is 0 Å². The quantitative estimate of drug-likeness (QED) is 0.397. The summed E-state index contributed by atoms with van der Waals surface area (Å²) in [6.45, 7) is 3.44. The van der Waals surface area contributed by atoms with Crippen LogP contribution in [0.1, 0.15) is 22.3 Å². The zero-order valence-electron chi connectivity index (χ0n) is 15.4. The molecule has 0 fully saturated rings. The predicted molar refractivity (Wildman–Crippen MR) is 117 cm³/mol. The number of halogens is 1. The Morgan fingerprint density at radius 1 is 1.21 bits per heavy atom. The summed E-state index contributed by atoms with van der Waals surface area (Å²) in [6.07, 6.45) is 6.30. The first-order valence-corrected chi connectivity index (χ1v) is 10.6. The molecule has 5 nitrogen and oxygen atoms in total. The predicted octanol–water partition coefficient (Wildman–Crippen LogP) is 5.30. The summed E-state index contributed by atoms with van der Waals surface area (Å²) < 4.78 is 4.06. The van der Waals surface area contributed by atoms with Crippen LogP contribution < -0.4 is 4.90 Å². The van der Waals surface area contributed by atoms with E-state index in [1.54, 1.807) is 28.8 Å². The molecule has 0 aliphatic heterocycles. The van der Waals surface area contributed by atoms with Crippen molar-refractivity contribution in [1.82, 2.24) is 14.5 Å². The Morgan fingerprint density at radius 2 is 2.04 bits per heavy atom. The van der Waals surface area contributed by atoms with Gasteiger partial charge in [0, 0.05) is 35.5 Å². The van der Waals surface area contributed by atoms with E-state index in [4.69, 9.17) is 4.98 Å². The lowest BCUT2D eigenvalue weighted by atomic mass is 10.2. The molecule has 4 aromatic rings. The number of aromatic nitrogens is 3. The van der Waals surface area contributed by atoms with Gasteiger partial charge in [-0.2, -0.15) is 0 Å². The molecule has 0 aliphatic rings. The number of carbonyl (C=O) groups excluding carboxylic acids is 1. The number of carbonyl (C=O) groups is 1. The molecule has 0 radical (unpaired) electrons. The standard InChI is InChI=1S/C21H19BrN4OS/c1-15-4-2-5-18-19(15)24-21(28-18)26(12-3-11-25-13-10-23-14-25)20(27)16-6-8-17(22)9-7-16/h2,4-10,13-14H,3,11-12H2,1H3. The van der Waals surface area contributed by atoms with Crippen LogP contribution >= 0.6 is 27.3 Å². The molecule has 0 aliphatic carbocycles. The Bertz CT molecular complexity index is 1090. The minimum absolute atomic E-state index is 0.0326. The number of fused-ring (bicyclic) bond motifs is 1. The molecule has 0 N–H and O–H groups in total. The maximum Gasteiger partial charge on any atom is 0.260 e. The van der Waals surface area contributed by atoms with Crippen LogP contribution in [0.15, 0.2) is 65.7 Å². The topological polar surface area (TPSA) is 51.0 Å². The second kappa shape index (κ2) is 8.24. The van der Waals surface area contributed by atoms with Crippen LogP contribution in [-0.4, -0.2) is 27.0 Å². The summed E-state index contributed by atoms with van der Waals surface area (Å²) in [5.74, 6) is -0.0326. The highest BCUT2D eigenvalue weighted by atomic mass is 79.9. The van der Waals surface area contributed by atoms with E-state index in [0.717, 1.165) is 38.3 Å². The number of imidazole rings is 1. The number of benzene rings is 2. The van der Waals surface area contributed by atoms with Crippen molar-refractivity contribution < 1.29 is 4.79 Å². The molecule has 0 atom stereocenters. The van der Waals surface area contributed by atoms with Gasteiger partial charge < -0.3 is 4.57 Å². The monoisotopic (exact) mass is 454 g/mol. The van der Waals surface area contributed by atoms with Crippen molar-refractivity contribution >= 4 is 48.5 Å². The van der Waals surface area contributed by atoms with Gasteiger partial charge in [-0.1, -0.05) is 39.4 Å². The molecule has 0 saturated carbocycles. The van der Waals surface area contributed by atoms with Crippen molar-refractivity contribution in [3.8, 4) is 0 Å². The van der Waals surface area contributed by atoms with Gasteiger partial charge in [0.25, 0.3) is 5.91 Å². The molecule has 0 unspecified atom stereocenters. The van der Waals surface area contributed by atoms with Crippen LogP contribution in [0, 0.1) is 6.92 Å². The highest BCUT2D eigenvalue weighted by Gasteiger charge is 2.21. The summed E-state index contributed by atoms with van der Waals surface area (Å²) in [4.78, 5) is 23.9. The fourth-order valence-electron chi connectivity index (χ4n) is 3.05. The summed E-state index contributed by atoms with van der Waals surface area (Å²) in [7, 11) is 0. The highest BCUT2D eigenvalue weighted by molar-refractivity contribution is 9.10. The smallest absolute Gasteiger partial charge is 0.260 e. The van der Waals surface area contributed by atoms with Crippen molar-refractivity contribution in [2.24, 2.45) is 0 Å². The van der Waals surface area contributed by atoms with Gasteiger partial charge in [-0.25, -0.2) is 9.97 Å². The first-order valence-electron chi connectivity index (χ1n) is 9.01. The number of hydrogen-bond acceptors (Lipinski definition) is 4. The summed E-state index contributed by atoms with van der Waals surface area (Å²) >= 11 is 4.99. The van der Waals surface area contributed by atoms with E-state index in [0.29, 0.717) is 12.1 Å². The Labute approximate surface area is 175 Å². The third-order valence-corrected chi connectivity index (χ3v) is 6.11. The summed E-state index contributed by atoms with van der Waals surface area (Å²) in [5, 5.41) is 0.739. The Hall–Kier alpha value is -2.51. The number of hydrogen-bond donors (Lipinski definition) is 0. The lowest BCUT2D eigenvalue weighted by molar-refractivity contribution is 0.0986. The van der Waals surface area contributed by atoms with E-state index in [1.165, 1.54) is 0 Å². The maximum atomic E-state index is 13.3. The van der Waals surface area contributed by atoms with Crippen LogP contribution in [0.5, 0.6) is 0 Å². The van der Waals surface area contributed by atoms with E-state index in [9.17, 15) is 4.79 Å². The van der Waals surface area contributed by atoms with Gasteiger partial charge in [0.1, 0.15) is 0 Å². The normalized spacial score (nSPS) is 11.1. The molecular weight excluding hydrogens is 436 g/mol. The molecule has 142 valence electrons. The zero-order valence-corrected chi connectivity index (χ0v) is 17.8. The average Bonchev–Trinajstić information content (AvgIpc) is 3.36. The summed E-state index contributed by atoms with van der Waals surface area (Å²) in [5.41, 5.74) is 2.74. The first-order chi connectivity index (χ1) is 13.6. The number of rotatable bonds is 6. The molecule has 28 heavy (non-hydrogen) atoms. The van der Waals surface area contributed by atoms with Crippen LogP contribution in [0.4, 0.5) is 5.13 Å². The number of anilines is 1. The van der Waals surface area contributed by atoms with Crippen LogP contribution in [0.3, 0.4) is 0 Å². The minimum atomic E-state index is -0.0326. The van der Waals surface area contributed by atoms with Crippen molar-refractivity contribution in [3.05, 3.63) is 76.8 Å².